The molecule has 0 spiro atoms. The molecule has 0 aromatic heterocycles. The quantitative estimate of drug-likeness (QED) is 0.592. The molecular weight excluding hydrogens is 198 g/mol. The maximum Gasteiger partial charge on any atom is 0.221 e. The van der Waals surface area contributed by atoms with Crippen LogP contribution >= 0.6 is 12.6 Å². The Labute approximate surface area is 89.7 Å². The van der Waals surface area contributed by atoms with Gasteiger partial charge in [0.2, 0.25) is 5.91 Å². The molecule has 0 radical (unpaired) electrons. The molecule has 3 nitrogen and oxygen atoms in total. The van der Waals surface area contributed by atoms with Gasteiger partial charge in [0.15, 0.2) is 0 Å². The molecular formula is C10H17NO2S. The molecule has 4 heteroatoms. The number of aliphatic hydroxyl groups is 1. The van der Waals surface area contributed by atoms with Crippen molar-refractivity contribution in [1.82, 2.24) is 5.32 Å². The summed E-state index contributed by atoms with van der Waals surface area (Å²) >= 11 is 4.26. The third kappa shape index (κ3) is 2.06. The van der Waals surface area contributed by atoms with Crippen molar-refractivity contribution in [3.63, 3.8) is 0 Å². The van der Waals surface area contributed by atoms with Crippen LogP contribution in [0.5, 0.6) is 0 Å². The van der Waals surface area contributed by atoms with Gasteiger partial charge in [-0.25, -0.2) is 0 Å². The molecule has 2 saturated carbocycles. The summed E-state index contributed by atoms with van der Waals surface area (Å²) < 4.78 is 0. The molecule has 0 unspecified atom stereocenters. The van der Waals surface area contributed by atoms with Gasteiger partial charge < -0.3 is 10.4 Å². The molecule has 2 N–H and O–H groups in total. The lowest BCUT2D eigenvalue weighted by molar-refractivity contribution is -0.123. The van der Waals surface area contributed by atoms with Crippen LogP contribution in [0.15, 0.2) is 0 Å². The van der Waals surface area contributed by atoms with Gasteiger partial charge in [-0.05, 0) is 36.9 Å². The second kappa shape index (κ2) is 3.42. The number of nitrogens with one attached hydrogen (secondary N) is 1. The standard InChI is InChI=1S/C10H17NO2S/c12-6-10(3-4-10)11-8(13)5-9(7-14)1-2-9/h12,14H,1-7H2,(H,11,13). The number of hydrogen-bond acceptors (Lipinski definition) is 3. The number of hydrogen-bond donors (Lipinski definition) is 3. The van der Waals surface area contributed by atoms with E-state index in [0.717, 1.165) is 31.4 Å². The van der Waals surface area contributed by atoms with E-state index in [0.29, 0.717) is 6.42 Å². The van der Waals surface area contributed by atoms with E-state index < -0.39 is 0 Å². The monoisotopic (exact) mass is 215 g/mol. The van der Waals surface area contributed by atoms with E-state index in [2.05, 4.69) is 17.9 Å². The molecule has 2 aliphatic carbocycles. The number of rotatable bonds is 5. The maximum atomic E-state index is 11.6. The summed E-state index contributed by atoms with van der Waals surface area (Å²) in [7, 11) is 0. The summed E-state index contributed by atoms with van der Waals surface area (Å²) in [4.78, 5) is 11.6. The van der Waals surface area contributed by atoms with Gasteiger partial charge in [-0.15, -0.1) is 0 Å². The van der Waals surface area contributed by atoms with E-state index in [9.17, 15) is 4.79 Å². The van der Waals surface area contributed by atoms with Crippen LogP contribution in [0.1, 0.15) is 32.1 Å². The van der Waals surface area contributed by atoms with Gasteiger partial charge in [0.05, 0.1) is 12.1 Å². The van der Waals surface area contributed by atoms with E-state index in [1.54, 1.807) is 0 Å². The Morgan fingerprint density at radius 2 is 2.00 bits per heavy atom. The van der Waals surface area contributed by atoms with Crippen LogP contribution in [0.25, 0.3) is 0 Å². The number of amides is 1. The van der Waals surface area contributed by atoms with Crippen LogP contribution in [-0.2, 0) is 4.79 Å². The predicted molar refractivity (Wildman–Crippen MR) is 57.3 cm³/mol. The van der Waals surface area contributed by atoms with E-state index in [-0.39, 0.29) is 23.5 Å². The summed E-state index contributed by atoms with van der Waals surface area (Å²) in [5.41, 5.74) is -0.0809. The van der Waals surface area contributed by atoms with Crippen molar-refractivity contribution in [1.29, 1.82) is 0 Å². The van der Waals surface area contributed by atoms with Gasteiger partial charge in [0.1, 0.15) is 0 Å². The molecule has 0 aromatic carbocycles. The average Bonchev–Trinajstić information content (AvgIpc) is 3.04. The molecule has 1 amide bonds. The molecule has 2 fully saturated rings. The van der Waals surface area contributed by atoms with Crippen LogP contribution < -0.4 is 5.32 Å². The van der Waals surface area contributed by atoms with Crippen molar-refractivity contribution in [2.75, 3.05) is 12.4 Å². The first kappa shape index (κ1) is 10.3. The van der Waals surface area contributed by atoms with Crippen LogP contribution in [0.3, 0.4) is 0 Å². The molecule has 0 bridgehead atoms. The lowest BCUT2D eigenvalue weighted by Gasteiger charge is -2.17. The molecule has 0 aliphatic heterocycles. The Bertz CT molecular complexity index is 223. The fourth-order valence-corrected chi connectivity index (χ4v) is 2.15. The smallest absolute Gasteiger partial charge is 0.221 e. The first-order valence-electron chi connectivity index (χ1n) is 5.17. The first-order valence-corrected chi connectivity index (χ1v) is 5.80. The summed E-state index contributed by atoms with van der Waals surface area (Å²) in [5, 5.41) is 12.0. The Kier molecular flexibility index (Phi) is 2.52. The molecule has 0 heterocycles. The molecule has 80 valence electrons. The summed E-state index contributed by atoms with van der Waals surface area (Å²) in [6.07, 6.45) is 4.66. The second-order valence-electron chi connectivity index (χ2n) is 4.82. The number of thiol groups is 1. The highest BCUT2D eigenvalue weighted by molar-refractivity contribution is 7.80. The van der Waals surface area contributed by atoms with Crippen molar-refractivity contribution in [2.45, 2.75) is 37.6 Å². The van der Waals surface area contributed by atoms with Crippen LogP contribution in [0.2, 0.25) is 0 Å². The number of carbonyl (C=O) groups excluding carboxylic acids is 1. The Morgan fingerprint density at radius 1 is 1.36 bits per heavy atom. The topological polar surface area (TPSA) is 49.3 Å². The van der Waals surface area contributed by atoms with Crippen molar-refractivity contribution < 1.29 is 9.90 Å². The van der Waals surface area contributed by atoms with Gasteiger partial charge in [0, 0.05) is 6.42 Å². The molecule has 14 heavy (non-hydrogen) atoms. The van der Waals surface area contributed by atoms with Crippen molar-refractivity contribution in [3.8, 4) is 0 Å². The number of carbonyl (C=O) groups is 1. The fourth-order valence-electron chi connectivity index (χ4n) is 1.72. The minimum absolute atomic E-state index is 0.0760. The molecule has 0 atom stereocenters. The highest BCUT2D eigenvalue weighted by Gasteiger charge is 2.47. The van der Waals surface area contributed by atoms with Crippen LogP contribution in [-0.4, -0.2) is 28.9 Å². The van der Waals surface area contributed by atoms with Crippen molar-refractivity contribution in [3.05, 3.63) is 0 Å². The predicted octanol–water partition coefficient (Wildman–Crippen LogP) is 0.728. The Balaban J connectivity index is 1.79. The zero-order valence-electron chi connectivity index (χ0n) is 8.25. The minimum Gasteiger partial charge on any atom is -0.394 e. The van der Waals surface area contributed by atoms with E-state index in [1.165, 1.54) is 0 Å². The van der Waals surface area contributed by atoms with E-state index in [4.69, 9.17) is 5.11 Å². The van der Waals surface area contributed by atoms with Gasteiger partial charge in [0.25, 0.3) is 0 Å². The fraction of sp³-hybridized carbons (Fsp3) is 0.900. The SMILES string of the molecule is O=C(CC1(CS)CC1)NC1(CO)CC1. The highest BCUT2D eigenvalue weighted by Crippen LogP contribution is 2.49. The molecule has 0 saturated heterocycles. The van der Waals surface area contributed by atoms with Crippen molar-refractivity contribution >= 4 is 18.5 Å². The number of aliphatic hydroxyl groups excluding tert-OH is 1. The average molecular weight is 215 g/mol. The summed E-state index contributed by atoms with van der Waals surface area (Å²) in [6.45, 7) is 0.0760. The van der Waals surface area contributed by atoms with E-state index >= 15 is 0 Å². The van der Waals surface area contributed by atoms with Crippen molar-refractivity contribution in [2.24, 2.45) is 5.41 Å². The van der Waals surface area contributed by atoms with E-state index in [1.807, 2.05) is 0 Å². The zero-order valence-corrected chi connectivity index (χ0v) is 9.15. The van der Waals surface area contributed by atoms with Gasteiger partial charge in [-0.1, -0.05) is 0 Å². The maximum absolute atomic E-state index is 11.6. The zero-order chi connectivity index (χ0) is 10.2. The summed E-state index contributed by atoms with van der Waals surface area (Å²) in [5.74, 6) is 0.884. The lowest BCUT2D eigenvalue weighted by Crippen LogP contribution is -2.40. The van der Waals surface area contributed by atoms with Gasteiger partial charge in [-0.2, -0.15) is 12.6 Å². The Morgan fingerprint density at radius 3 is 2.36 bits per heavy atom. The lowest BCUT2D eigenvalue weighted by atomic mass is 10.0. The minimum atomic E-state index is -0.260. The third-order valence-electron chi connectivity index (χ3n) is 3.39. The third-order valence-corrected chi connectivity index (χ3v) is 4.06. The Hall–Kier alpha value is -0.220. The van der Waals surface area contributed by atoms with Crippen LogP contribution in [0.4, 0.5) is 0 Å². The summed E-state index contributed by atoms with van der Waals surface area (Å²) in [6, 6.07) is 0. The molecule has 2 aliphatic rings. The normalized spacial score (nSPS) is 25.6. The van der Waals surface area contributed by atoms with Gasteiger partial charge in [-0.3, -0.25) is 4.79 Å². The first-order chi connectivity index (χ1) is 6.64. The highest BCUT2D eigenvalue weighted by atomic mass is 32.1. The second-order valence-corrected chi connectivity index (χ2v) is 5.14. The van der Waals surface area contributed by atoms with Gasteiger partial charge >= 0.3 is 0 Å². The molecule has 2 rings (SSSR count). The molecule has 0 aromatic rings. The van der Waals surface area contributed by atoms with Crippen LogP contribution in [0, 0.1) is 5.41 Å². The largest absolute Gasteiger partial charge is 0.394 e.